The lowest BCUT2D eigenvalue weighted by Gasteiger charge is -2.19. The lowest BCUT2D eigenvalue weighted by atomic mass is 10.1. The van der Waals surface area contributed by atoms with Gasteiger partial charge in [0, 0.05) is 17.2 Å². The van der Waals surface area contributed by atoms with Crippen molar-refractivity contribution >= 4 is 21.6 Å². The minimum atomic E-state index is 0.667. The van der Waals surface area contributed by atoms with Gasteiger partial charge in [-0.05, 0) is 42.8 Å². The van der Waals surface area contributed by atoms with E-state index < -0.39 is 0 Å². The van der Waals surface area contributed by atoms with E-state index in [4.69, 9.17) is 10.2 Å². The fourth-order valence-corrected chi connectivity index (χ4v) is 2.42. The first-order valence-corrected chi connectivity index (χ1v) is 6.72. The summed E-state index contributed by atoms with van der Waals surface area (Å²) >= 11 is 3.59. The van der Waals surface area contributed by atoms with Gasteiger partial charge in [-0.1, -0.05) is 22.0 Å². The fraction of sp³-hybridized carbons (Fsp3) is 0.286. The van der Waals surface area contributed by atoms with Crippen LogP contribution < -0.4 is 10.6 Å². The molecule has 2 N–H and O–H groups in total. The largest absolute Gasteiger partial charge is 0.467 e. The number of hydrogen-bond donors (Lipinski definition) is 1. The molecule has 1 aromatic carbocycles. The molecule has 0 atom stereocenters. The van der Waals surface area contributed by atoms with Gasteiger partial charge in [-0.25, -0.2) is 0 Å². The second kappa shape index (κ2) is 6.07. The van der Waals surface area contributed by atoms with Crippen molar-refractivity contribution in [2.24, 2.45) is 5.73 Å². The molecule has 96 valence electrons. The molecule has 0 unspecified atom stereocenters. The van der Waals surface area contributed by atoms with Gasteiger partial charge >= 0.3 is 0 Å². The van der Waals surface area contributed by atoms with Crippen LogP contribution in [-0.4, -0.2) is 13.6 Å². The van der Waals surface area contributed by atoms with Crippen molar-refractivity contribution in [1.29, 1.82) is 0 Å². The Morgan fingerprint density at radius 2 is 2.17 bits per heavy atom. The number of rotatable bonds is 5. The van der Waals surface area contributed by atoms with Crippen LogP contribution in [0.25, 0.3) is 0 Å². The molecule has 0 fully saturated rings. The molecule has 3 nitrogen and oxygen atoms in total. The van der Waals surface area contributed by atoms with Crippen molar-refractivity contribution in [3.8, 4) is 0 Å². The first kappa shape index (κ1) is 13.2. The van der Waals surface area contributed by atoms with Crippen LogP contribution in [0.1, 0.15) is 11.3 Å². The molecule has 0 saturated carbocycles. The number of furan rings is 1. The van der Waals surface area contributed by atoms with Gasteiger partial charge in [-0.2, -0.15) is 0 Å². The van der Waals surface area contributed by atoms with Crippen LogP contribution in [0.3, 0.4) is 0 Å². The van der Waals surface area contributed by atoms with Crippen molar-refractivity contribution in [3.63, 3.8) is 0 Å². The lowest BCUT2D eigenvalue weighted by molar-refractivity contribution is 0.507. The molecular weight excluding hydrogens is 292 g/mol. The molecule has 0 aliphatic heterocycles. The van der Waals surface area contributed by atoms with Crippen molar-refractivity contribution in [2.75, 3.05) is 18.5 Å². The molecule has 0 spiro atoms. The highest BCUT2D eigenvalue weighted by atomic mass is 79.9. The zero-order valence-corrected chi connectivity index (χ0v) is 12.0. The molecule has 2 rings (SSSR count). The SMILES string of the molecule is CN(Cc1ccco1)c1ccc(CCN)c(Br)c1. The minimum Gasteiger partial charge on any atom is -0.467 e. The summed E-state index contributed by atoms with van der Waals surface area (Å²) in [6.45, 7) is 1.43. The van der Waals surface area contributed by atoms with Crippen LogP contribution in [-0.2, 0) is 13.0 Å². The molecule has 0 aliphatic carbocycles. The Morgan fingerprint density at radius 3 is 2.78 bits per heavy atom. The average molecular weight is 309 g/mol. The highest BCUT2D eigenvalue weighted by molar-refractivity contribution is 9.10. The van der Waals surface area contributed by atoms with Crippen molar-refractivity contribution in [1.82, 2.24) is 0 Å². The quantitative estimate of drug-likeness (QED) is 0.922. The lowest BCUT2D eigenvalue weighted by Crippen LogP contribution is -2.16. The predicted octanol–water partition coefficient (Wildman–Crippen LogP) is 3.18. The highest BCUT2D eigenvalue weighted by Crippen LogP contribution is 2.24. The summed E-state index contributed by atoms with van der Waals surface area (Å²) in [4.78, 5) is 2.15. The third kappa shape index (κ3) is 3.15. The van der Waals surface area contributed by atoms with Crippen LogP contribution in [0.5, 0.6) is 0 Å². The minimum absolute atomic E-state index is 0.667. The number of nitrogens with zero attached hydrogens (tertiary/aromatic N) is 1. The van der Waals surface area contributed by atoms with E-state index >= 15 is 0 Å². The normalized spacial score (nSPS) is 10.6. The first-order chi connectivity index (χ1) is 8.70. The van der Waals surface area contributed by atoms with Crippen LogP contribution in [0, 0.1) is 0 Å². The third-order valence-electron chi connectivity index (χ3n) is 2.86. The van der Waals surface area contributed by atoms with Gasteiger partial charge in [0.15, 0.2) is 0 Å². The number of benzene rings is 1. The van der Waals surface area contributed by atoms with Gasteiger partial charge in [0.2, 0.25) is 0 Å². The second-order valence-corrected chi connectivity index (χ2v) is 5.10. The van der Waals surface area contributed by atoms with Gasteiger partial charge in [0.1, 0.15) is 5.76 Å². The predicted molar refractivity (Wildman–Crippen MR) is 77.7 cm³/mol. The number of halogens is 1. The van der Waals surface area contributed by atoms with Crippen molar-refractivity contribution < 1.29 is 4.42 Å². The summed E-state index contributed by atoms with van der Waals surface area (Å²) in [5.41, 5.74) is 7.97. The van der Waals surface area contributed by atoms with E-state index in [2.05, 4.69) is 39.0 Å². The molecular formula is C14H17BrN2O. The maximum absolute atomic E-state index is 5.57. The molecule has 4 heteroatoms. The van der Waals surface area contributed by atoms with Gasteiger partial charge in [-0.15, -0.1) is 0 Å². The van der Waals surface area contributed by atoms with Crippen LogP contribution >= 0.6 is 15.9 Å². The van der Waals surface area contributed by atoms with Gasteiger partial charge in [0.25, 0.3) is 0 Å². The Balaban J connectivity index is 2.11. The highest BCUT2D eigenvalue weighted by Gasteiger charge is 2.06. The number of nitrogens with two attached hydrogens (primary N) is 1. The number of anilines is 1. The van der Waals surface area contributed by atoms with E-state index in [9.17, 15) is 0 Å². The summed E-state index contributed by atoms with van der Waals surface area (Å²) in [7, 11) is 2.05. The monoisotopic (exact) mass is 308 g/mol. The third-order valence-corrected chi connectivity index (χ3v) is 3.60. The molecule has 0 bridgehead atoms. The smallest absolute Gasteiger partial charge is 0.123 e. The van der Waals surface area contributed by atoms with Gasteiger partial charge < -0.3 is 15.1 Å². The van der Waals surface area contributed by atoms with E-state index in [0.29, 0.717) is 6.54 Å². The Morgan fingerprint density at radius 1 is 1.33 bits per heavy atom. The van der Waals surface area contributed by atoms with Crippen LogP contribution in [0.2, 0.25) is 0 Å². The Labute approximate surface area is 116 Å². The zero-order chi connectivity index (χ0) is 13.0. The molecule has 0 radical (unpaired) electrons. The Kier molecular flexibility index (Phi) is 4.44. The van der Waals surface area contributed by atoms with Crippen LogP contribution in [0.15, 0.2) is 45.5 Å². The molecule has 0 saturated heterocycles. The maximum Gasteiger partial charge on any atom is 0.123 e. The van der Waals surface area contributed by atoms with E-state index in [-0.39, 0.29) is 0 Å². The van der Waals surface area contributed by atoms with Crippen LogP contribution in [0.4, 0.5) is 5.69 Å². The molecule has 2 aromatic rings. The van der Waals surface area contributed by atoms with E-state index in [1.165, 1.54) is 5.56 Å². The van der Waals surface area contributed by atoms with E-state index in [1.807, 2.05) is 19.2 Å². The standard InChI is InChI=1S/C14H17BrN2O/c1-17(10-13-3-2-8-18-13)12-5-4-11(6-7-16)14(15)9-12/h2-5,8-9H,6-7,10,16H2,1H3. The summed E-state index contributed by atoms with van der Waals surface area (Å²) in [5.74, 6) is 0.958. The molecule has 1 heterocycles. The van der Waals surface area contributed by atoms with E-state index in [1.54, 1.807) is 6.26 Å². The number of hydrogen-bond acceptors (Lipinski definition) is 3. The zero-order valence-electron chi connectivity index (χ0n) is 10.4. The Hall–Kier alpha value is -1.26. The summed E-state index contributed by atoms with van der Waals surface area (Å²) in [6.07, 6.45) is 2.59. The fourth-order valence-electron chi connectivity index (χ4n) is 1.86. The van der Waals surface area contributed by atoms with Gasteiger partial charge in [0.05, 0.1) is 12.8 Å². The topological polar surface area (TPSA) is 42.4 Å². The van der Waals surface area contributed by atoms with Gasteiger partial charge in [-0.3, -0.25) is 0 Å². The van der Waals surface area contributed by atoms with E-state index in [0.717, 1.165) is 28.9 Å². The molecule has 0 amide bonds. The van der Waals surface area contributed by atoms with Crippen molar-refractivity contribution in [3.05, 3.63) is 52.4 Å². The molecule has 1 aromatic heterocycles. The maximum atomic E-state index is 5.57. The molecule has 0 aliphatic rings. The van der Waals surface area contributed by atoms with Crippen molar-refractivity contribution in [2.45, 2.75) is 13.0 Å². The second-order valence-electron chi connectivity index (χ2n) is 4.25. The first-order valence-electron chi connectivity index (χ1n) is 5.92. The average Bonchev–Trinajstić information content (AvgIpc) is 2.84. The molecule has 18 heavy (non-hydrogen) atoms. The summed E-state index contributed by atoms with van der Waals surface area (Å²) in [6, 6.07) is 10.2. The Bertz CT molecular complexity index is 497. The summed E-state index contributed by atoms with van der Waals surface area (Å²) < 4.78 is 6.46. The summed E-state index contributed by atoms with van der Waals surface area (Å²) in [5, 5.41) is 0.